The second kappa shape index (κ2) is 5.46. The third kappa shape index (κ3) is 2.83. The Morgan fingerprint density at radius 1 is 1.56 bits per heavy atom. The predicted molar refractivity (Wildman–Crippen MR) is 66.4 cm³/mol. The van der Waals surface area contributed by atoms with Crippen molar-refractivity contribution >= 4 is 17.2 Å². The molecule has 0 radical (unpaired) electrons. The average Bonchev–Trinajstić information content (AvgIpc) is 2.96. The van der Waals surface area contributed by atoms with Gasteiger partial charge in [0.1, 0.15) is 0 Å². The highest BCUT2D eigenvalue weighted by atomic mass is 32.1. The van der Waals surface area contributed by atoms with E-state index in [1.54, 1.807) is 11.3 Å². The first kappa shape index (κ1) is 11.6. The number of nitrogens with zero attached hydrogens (tertiary/aromatic N) is 1. The zero-order valence-electron chi connectivity index (χ0n) is 9.61. The third-order valence-corrected chi connectivity index (χ3v) is 3.83. The minimum Gasteiger partial charge on any atom is -0.341 e. The van der Waals surface area contributed by atoms with Gasteiger partial charge in [-0.2, -0.15) is 0 Å². The Kier molecular flexibility index (Phi) is 3.96. The van der Waals surface area contributed by atoms with Gasteiger partial charge in [0.2, 0.25) is 5.91 Å². The Morgan fingerprint density at radius 2 is 2.31 bits per heavy atom. The Balaban J connectivity index is 1.78. The number of amides is 1. The number of carbonyl (C=O) groups excluding carboxylic acids is 1. The molecule has 1 aromatic heterocycles. The highest BCUT2D eigenvalue weighted by Crippen LogP contribution is 2.11. The van der Waals surface area contributed by atoms with E-state index in [1.807, 2.05) is 17.9 Å². The molecule has 88 valence electrons. The van der Waals surface area contributed by atoms with Crippen molar-refractivity contribution in [2.75, 3.05) is 13.1 Å². The lowest BCUT2D eigenvalue weighted by molar-refractivity contribution is -0.131. The van der Waals surface area contributed by atoms with E-state index in [-0.39, 0.29) is 11.9 Å². The zero-order chi connectivity index (χ0) is 11.4. The number of hydrogen-bond acceptors (Lipinski definition) is 3. The molecule has 4 heteroatoms. The molecule has 1 aliphatic rings. The van der Waals surface area contributed by atoms with E-state index in [0.717, 1.165) is 32.5 Å². The lowest BCUT2D eigenvalue weighted by atomic mass is 10.3. The molecule has 0 spiro atoms. The van der Waals surface area contributed by atoms with Gasteiger partial charge in [0, 0.05) is 24.5 Å². The Labute approximate surface area is 100 Å². The van der Waals surface area contributed by atoms with Gasteiger partial charge in [-0.25, -0.2) is 0 Å². The van der Waals surface area contributed by atoms with Crippen LogP contribution in [-0.2, 0) is 11.3 Å². The summed E-state index contributed by atoms with van der Waals surface area (Å²) in [7, 11) is 0. The summed E-state index contributed by atoms with van der Waals surface area (Å²) in [6.45, 7) is 4.61. The maximum Gasteiger partial charge on any atom is 0.239 e. The molecule has 1 saturated heterocycles. The number of thiophene rings is 1. The summed E-state index contributed by atoms with van der Waals surface area (Å²) in [4.78, 5) is 15.2. The summed E-state index contributed by atoms with van der Waals surface area (Å²) in [5.41, 5.74) is 0. The molecule has 1 atom stereocenters. The Hall–Kier alpha value is -0.870. The van der Waals surface area contributed by atoms with Crippen molar-refractivity contribution in [1.82, 2.24) is 10.2 Å². The highest BCUT2D eigenvalue weighted by Gasteiger charge is 2.22. The van der Waals surface area contributed by atoms with Crippen molar-refractivity contribution in [2.45, 2.75) is 32.4 Å². The summed E-state index contributed by atoms with van der Waals surface area (Å²) in [6.07, 6.45) is 2.31. The summed E-state index contributed by atoms with van der Waals surface area (Å²) in [5, 5.41) is 5.34. The topological polar surface area (TPSA) is 32.3 Å². The SMILES string of the molecule is CC(NCc1cccs1)C(=O)N1CCCC1. The van der Waals surface area contributed by atoms with Crippen LogP contribution in [0.25, 0.3) is 0 Å². The van der Waals surface area contributed by atoms with Gasteiger partial charge in [0.15, 0.2) is 0 Å². The molecule has 1 fully saturated rings. The minimum atomic E-state index is -0.0693. The first-order valence-electron chi connectivity index (χ1n) is 5.82. The van der Waals surface area contributed by atoms with Crippen LogP contribution in [0.5, 0.6) is 0 Å². The van der Waals surface area contributed by atoms with Crippen molar-refractivity contribution in [1.29, 1.82) is 0 Å². The molecule has 2 heterocycles. The first-order chi connectivity index (χ1) is 7.77. The highest BCUT2D eigenvalue weighted by molar-refractivity contribution is 7.09. The van der Waals surface area contributed by atoms with E-state index in [1.165, 1.54) is 4.88 Å². The van der Waals surface area contributed by atoms with Crippen LogP contribution in [0.15, 0.2) is 17.5 Å². The normalized spacial score (nSPS) is 17.7. The molecule has 1 amide bonds. The van der Waals surface area contributed by atoms with Crippen molar-refractivity contribution in [3.05, 3.63) is 22.4 Å². The van der Waals surface area contributed by atoms with E-state index in [9.17, 15) is 4.79 Å². The molecule has 0 bridgehead atoms. The van der Waals surface area contributed by atoms with Crippen molar-refractivity contribution in [3.63, 3.8) is 0 Å². The molecule has 0 saturated carbocycles. The standard InChI is InChI=1S/C12H18N2OS/c1-10(12(15)14-6-2-3-7-14)13-9-11-5-4-8-16-11/h4-5,8,10,13H,2-3,6-7,9H2,1H3. The van der Waals surface area contributed by atoms with Gasteiger partial charge < -0.3 is 10.2 Å². The number of nitrogens with one attached hydrogen (secondary N) is 1. The monoisotopic (exact) mass is 238 g/mol. The van der Waals surface area contributed by atoms with E-state index < -0.39 is 0 Å². The second-order valence-corrected chi connectivity index (χ2v) is 5.25. The van der Waals surface area contributed by atoms with Crippen LogP contribution in [0.1, 0.15) is 24.6 Å². The van der Waals surface area contributed by atoms with E-state index in [2.05, 4.69) is 16.8 Å². The van der Waals surface area contributed by atoms with Crippen LogP contribution < -0.4 is 5.32 Å². The van der Waals surface area contributed by atoms with Crippen LogP contribution in [0, 0.1) is 0 Å². The van der Waals surface area contributed by atoms with E-state index in [0.29, 0.717) is 0 Å². The van der Waals surface area contributed by atoms with Gasteiger partial charge in [-0.05, 0) is 31.2 Å². The predicted octanol–water partition coefficient (Wildman–Crippen LogP) is 1.85. The molecular formula is C12H18N2OS. The van der Waals surface area contributed by atoms with Gasteiger partial charge >= 0.3 is 0 Å². The summed E-state index contributed by atoms with van der Waals surface area (Å²) < 4.78 is 0. The Morgan fingerprint density at radius 3 is 2.94 bits per heavy atom. The van der Waals surface area contributed by atoms with Gasteiger partial charge in [0.25, 0.3) is 0 Å². The van der Waals surface area contributed by atoms with Crippen molar-refractivity contribution in [3.8, 4) is 0 Å². The fourth-order valence-corrected chi connectivity index (χ4v) is 2.62. The van der Waals surface area contributed by atoms with Gasteiger partial charge in [0.05, 0.1) is 6.04 Å². The summed E-state index contributed by atoms with van der Waals surface area (Å²) in [5.74, 6) is 0.244. The maximum absolute atomic E-state index is 12.0. The third-order valence-electron chi connectivity index (χ3n) is 2.95. The molecule has 2 rings (SSSR count). The van der Waals surface area contributed by atoms with Crippen molar-refractivity contribution in [2.24, 2.45) is 0 Å². The molecule has 1 N–H and O–H groups in total. The lowest BCUT2D eigenvalue weighted by Crippen LogP contribution is -2.43. The second-order valence-electron chi connectivity index (χ2n) is 4.21. The molecule has 3 nitrogen and oxygen atoms in total. The van der Waals surface area contributed by atoms with E-state index in [4.69, 9.17) is 0 Å². The van der Waals surface area contributed by atoms with Gasteiger partial charge in [-0.15, -0.1) is 11.3 Å². The van der Waals surface area contributed by atoms with Gasteiger partial charge in [-0.3, -0.25) is 4.79 Å². The molecule has 1 unspecified atom stereocenters. The molecule has 16 heavy (non-hydrogen) atoms. The maximum atomic E-state index is 12.0. The fraction of sp³-hybridized carbons (Fsp3) is 0.583. The van der Waals surface area contributed by atoms with Crippen LogP contribution in [-0.4, -0.2) is 29.9 Å². The Bertz CT molecular complexity index is 331. The van der Waals surface area contributed by atoms with Crippen LogP contribution in [0.2, 0.25) is 0 Å². The molecule has 0 aromatic carbocycles. The quantitative estimate of drug-likeness (QED) is 0.868. The average molecular weight is 238 g/mol. The molecular weight excluding hydrogens is 220 g/mol. The van der Waals surface area contributed by atoms with Crippen LogP contribution in [0.4, 0.5) is 0 Å². The number of carbonyl (C=O) groups is 1. The molecule has 0 aliphatic carbocycles. The van der Waals surface area contributed by atoms with Crippen LogP contribution in [0.3, 0.4) is 0 Å². The van der Waals surface area contributed by atoms with E-state index >= 15 is 0 Å². The summed E-state index contributed by atoms with van der Waals surface area (Å²) in [6, 6.07) is 4.06. The summed E-state index contributed by atoms with van der Waals surface area (Å²) >= 11 is 1.72. The van der Waals surface area contributed by atoms with Crippen LogP contribution >= 0.6 is 11.3 Å². The molecule has 1 aromatic rings. The molecule has 1 aliphatic heterocycles. The minimum absolute atomic E-state index is 0.0693. The first-order valence-corrected chi connectivity index (χ1v) is 6.70. The lowest BCUT2D eigenvalue weighted by Gasteiger charge is -2.20. The van der Waals surface area contributed by atoms with Crippen molar-refractivity contribution < 1.29 is 4.79 Å². The number of rotatable bonds is 4. The largest absolute Gasteiger partial charge is 0.341 e. The van der Waals surface area contributed by atoms with Gasteiger partial charge in [-0.1, -0.05) is 6.07 Å². The fourth-order valence-electron chi connectivity index (χ4n) is 1.97. The smallest absolute Gasteiger partial charge is 0.239 e. The number of hydrogen-bond donors (Lipinski definition) is 1. The number of likely N-dealkylation sites (tertiary alicyclic amines) is 1. The zero-order valence-corrected chi connectivity index (χ0v) is 10.4.